The van der Waals surface area contributed by atoms with Crippen LogP contribution in [-0.2, 0) is 4.79 Å². The quantitative estimate of drug-likeness (QED) is 0.383. The third-order valence-corrected chi connectivity index (χ3v) is 1.97. The molecule has 0 aromatic carbocycles. The van der Waals surface area contributed by atoms with Crippen LogP contribution < -0.4 is 10.6 Å². The van der Waals surface area contributed by atoms with Crippen molar-refractivity contribution in [1.29, 1.82) is 0 Å². The Balaban J connectivity index is 2.29. The summed E-state index contributed by atoms with van der Waals surface area (Å²) in [6, 6.07) is -0.233. The third kappa shape index (κ3) is 2.17. The van der Waals surface area contributed by atoms with Crippen LogP contribution in [0.2, 0.25) is 0 Å². The molecule has 0 aliphatic carbocycles. The molecule has 0 saturated carbocycles. The first kappa shape index (κ1) is 9.44. The lowest BCUT2D eigenvalue weighted by molar-refractivity contribution is -0.119. The van der Waals surface area contributed by atoms with Gasteiger partial charge < -0.3 is 20.8 Å². The smallest absolute Gasteiger partial charge is 0.216 e. The molecule has 1 heterocycles. The lowest BCUT2D eigenvalue weighted by Gasteiger charge is -2.15. The third-order valence-electron chi connectivity index (χ3n) is 1.97. The number of aliphatic hydroxyl groups excluding tert-OH is 2. The molecule has 0 bridgehead atoms. The van der Waals surface area contributed by atoms with Crippen molar-refractivity contribution in [3.63, 3.8) is 0 Å². The molecule has 12 heavy (non-hydrogen) atoms. The number of carbonyl (C=O) groups excluding carboxylic acids is 1. The van der Waals surface area contributed by atoms with Gasteiger partial charge in [0.25, 0.3) is 0 Å². The Bertz CT molecular complexity index is 174. The molecule has 1 amide bonds. The average molecular weight is 174 g/mol. The second-order valence-electron chi connectivity index (χ2n) is 3.01. The van der Waals surface area contributed by atoms with Crippen LogP contribution in [-0.4, -0.2) is 47.5 Å². The fourth-order valence-electron chi connectivity index (χ4n) is 1.23. The fraction of sp³-hybridized carbons (Fsp3) is 0.857. The number of hydrogen-bond acceptors (Lipinski definition) is 4. The number of β-amino-alcohol motifs (C(OH)–C–C–N with tert-alkyl or cyclic N) is 1. The molecular formula is C7H14N2O3. The van der Waals surface area contributed by atoms with Gasteiger partial charge in [-0.25, -0.2) is 0 Å². The topological polar surface area (TPSA) is 81.6 Å². The van der Waals surface area contributed by atoms with E-state index in [1.165, 1.54) is 6.92 Å². The number of amides is 1. The van der Waals surface area contributed by atoms with Gasteiger partial charge in [0.1, 0.15) is 0 Å². The highest BCUT2D eigenvalue weighted by Crippen LogP contribution is 2.06. The molecule has 1 aliphatic heterocycles. The van der Waals surface area contributed by atoms with E-state index in [1.54, 1.807) is 0 Å². The van der Waals surface area contributed by atoms with Crippen LogP contribution >= 0.6 is 0 Å². The number of rotatable bonds is 2. The van der Waals surface area contributed by atoms with Gasteiger partial charge in [-0.05, 0) is 0 Å². The van der Waals surface area contributed by atoms with Crippen molar-refractivity contribution in [3.05, 3.63) is 0 Å². The number of carbonyl (C=O) groups is 1. The molecule has 0 radical (unpaired) electrons. The lowest BCUT2D eigenvalue weighted by atomic mass is 10.1. The van der Waals surface area contributed by atoms with Gasteiger partial charge >= 0.3 is 0 Å². The van der Waals surface area contributed by atoms with E-state index in [4.69, 9.17) is 5.11 Å². The predicted octanol–water partition coefficient (Wildman–Crippen LogP) is -2.18. The van der Waals surface area contributed by atoms with Crippen LogP contribution in [0.25, 0.3) is 0 Å². The highest BCUT2D eigenvalue weighted by Gasteiger charge is 2.32. The van der Waals surface area contributed by atoms with Crippen LogP contribution in [0.4, 0.5) is 0 Å². The average Bonchev–Trinajstić information content (AvgIpc) is 2.30. The summed E-state index contributed by atoms with van der Waals surface area (Å²) in [6.45, 7) is 2.15. The molecule has 1 fully saturated rings. The van der Waals surface area contributed by atoms with E-state index >= 15 is 0 Å². The highest BCUT2D eigenvalue weighted by atomic mass is 16.3. The Morgan fingerprint density at radius 3 is 2.75 bits per heavy atom. The minimum Gasteiger partial charge on any atom is -0.389 e. The number of hydrogen-bond donors (Lipinski definition) is 4. The van der Waals surface area contributed by atoms with Crippen molar-refractivity contribution in [3.8, 4) is 0 Å². The molecule has 1 rings (SSSR count). The van der Waals surface area contributed by atoms with Crippen molar-refractivity contribution in [2.45, 2.75) is 25.2 Å². The minimum atomic E-state index is -0.781. The molecule has 0 unspecified atom stereocenters. The van der Waals surface area contributed by atoms with E-state index in [-0.39, 0.29) is 11.9 Å². The summed E-state index contributed by atoms with van der Waals surface area (Å²) in [4.78, 5) is 10.5. The van der Waals surface area contributed by atoms with Gasteiger partial charge in [-0.1, -0.05) is 0 Å². The maximum Gasteiger partial charge on any atom is 0.216 e. The molecule has 0 aromatic rings. The van der Waals surface area contributed by atoms with Crippen LogP contribution in [0.15, 0.2) is 0 Å². The first-order chi connectivity index (χ1) is 5.61. The van der Waals surface area contributed by atoms with Crippen molar-refractivity contribution < 1.29 is 15.0 Å². The number of nitrogens with one attached hydrogen (secondary N) is 2. The van der Waals surface area contributed by atoms with Gasteiger partial charge in [-0.3, -0.25) is 4.79 Å². The fourth-order valence-corrected chi connectivity index (χ4v) is 1.23. The van der Waals surface area contributed by atoms with Crippen LogP contribution in [0.5, 0.6) is 0 Å². The molecule has 5 heteroatoms. The van der Waals surface area contributed by atoms with Crippen LogP contribution in [0.3, 0.4) is 0 Å². The van der Waals surface area contributed by atoms with Crippen molar-refractivity contribution in [2.75, 3.05) is 13.1 Å². The summed E-state index contributed by atoms with van der Waals surface area (Å²) in [6.07, 6.45) is -1.50. The largest absolute Gasteiger partial charge is 0.389 e. The van der Waals surface area contributed by atoms with Crippen LogP contribution in [0, 0.1) is 0 Å². The van der Waals surface area contributed by atoms with Gasteiger partial charge in [-0.2, -0.15) is 0 Å². The van der Waals surface area contributed by atoms with E-state index in [1.807, 2.05) is 0 Å². The Morgan fingerprint density at radius 1 is 1.67 bits per heavy atom. The highest BCUT2D eigenvalue weighted by molar-refractivity contribution is 5.72. The standard InChI is InChI=1S/C7H14N2O3/c1-4(10)8-2-5-7(12)6(11)3-9-5/h5-7,9,11-12H,2-3H2,1H3,(H,8,10)/t5-,6-,7-/m0/s1. The second-order valence-corrected chi connectivity index (χ2v) is 3.01. The molecule has 0 aromatic heterocycles. The zero-order valence-corrected chi connectivity index (χ0v) is 6.95. The van der Waals surface area contributed by atoms with E-state index in [0.717, 1.165) is 0 Å². The second kappa shape index (κ2) is 3.84. The van der Waals surface area contributed by atoms with E-state index in [0.29, 0.717) is 13.1 Å². The molecule has 5 nitrogen and oxygen atoms in total. The van der Waals surface area contributed by atoms with Crippen molar-refractivity contribution >= 4 is 5.91 Å². The summed E-state index contributed by atoms with van der Waals surface area (Å²) in [5.74, 6) is -0.134. The molecule has 4 N–H and O–H groups in total. The van der Waals surface area contributed by atoms with E-state index < -0.39 is 12.2 Å². The molecule has 1 saturated heterocycles. The normalized spacial score (nSPS) is 35.1. The van der Waals surface area contributed by atoms with Gasteiger partial charge in [0.15, 0.2) is 0 Å². The predicted molar refractivity (Wildman–Crippen MR) is 42.5 cm³/mol. The zero-order chi connectivity index (χ0) is 9.14. The summed E-state index contributed by atoms with van der Waals surface area (Å²) < 4.78 is 0. The SMILES string of the molecule is CC(=O)NC[C@@H]1NC[C@H](O)[C@H]1O. The monoisotopic (exact) mass is 174 g/mol. The Labute approximate surface area is 70.8 Å². The first-order valence-corrected chi connectivity index (χ1v) is 3.95. The number of aliphatic hydroxyl groups is 2. The van der Waals surface area contributed by atoms with Gasteiger partial charge in [0, 0.05) is 20.0 Å². The van der Waals surface area contributed by atoms with Crippen molar-refractivity contribution in [1.82, 2.24) is 10.6 Å². The maximum atomic E-state index is 10.5. The van der Waals surface area contributed by atoms with E-state index in [9.17, 15) is 9.90 Å². The first-order valence-electron chi connectivity index (χ1n) is 3.95. The molecule has 0 spiro atoms. The lowest BCUT2D eigenvalue weighted by Crippen LogP contribution is -2.42. The Hall–Kier alpha value is -0.650. The Kier molecular flexibility index (Phi) is 3.02. The molecule has 1 aliphatic rings. The molecular weight excluding hydrogens is 160 g/mol. The summed E-state index contributed by atoms with van der Waals surface area (Å²) >= 11 is 0. The summed E-state index contributed by atoms with van der Waals surface area (Å²) in [7, 11) is 0. The van der Waals surface area contributed by atoms with Crippen LogP contribution in [0.1, 0.15) is 6.92 Å². The molecule has 70 valence electrons. The zero-order valence-electron chi connectivity index (χ0n) is 6.95. The Morgan fingerprint density at radius 2 is 2.33 bits per heavy atom. The van der Waals surface area contributed by atoms with Crippen molar-refractivity contribution in [2.24, 2.45) is 0 Å². The van der Waals surface area contributed by atoms with Gasteiger partial charge in [0.05, 0.1) is 18.2 Å². The summed E-state index contributed by atoms with van der Waals surface area (Å²) in [5.41, 5.74) is 0. The van der Waals surface area contributed by atoms with E-state index in [2.05, 4.69) is 10.6 Å². The minimum absolute atomic E-state index is 0.134. The van der Waals surface area contributed by atoms with Gasteiger partial charge in [0.2, 0.25) is 5.91 Å². The molecule has 3 atom stereocenters. The van der Waals surface area contributed by atoms with Gasteiger partial charge in [-0.15, -0.1) is 0 Å². The summed E-state index contributed by atoms with van der Waals surface area (Å²) in [5, 5.41) is 23.9. The maximum absolute atomic E-state index is 10.5.